The van der Waals surface area contributed by atoms with Gasteiger partial charge in [0.05, 0.1) is 5.02 Å². The summed E-state index contributed by atoms with van der Waals surface area (Å²) in [5, 5.41) is 3.38. The number of hydrogen-bond donors (Lipinski definition) is 1. The highest BCUT2D eigenvalue weighted by molar-refractivity contribution is 6.32. The Balaban J connectivity index is 2.05. The van der Waals surface area contributed by atoms with E-state index in [9.17, 15) is 4.79 Å². The first-order chi connectivity index (χ1) is 9.56. The van der Waals surface area contributed by atoms with Crippen LogP contribution < -0.4 is 10.1 Å². The Hall–Kier alpha value is -2.00. The van der Waals surface area contributed by atoms with Crippen molar-refractivity contribution in [2.45, 2.75) is 13.8 Å². The molecule has 0 aliphatic heterocycles. The van der Waals surface area contributed by atoms with Crippen LogP contribution in [0.2, 0.25) is 5.02 Å². The highest BCUT2D eigenvalue weighted by Gasteiger charge is 2.07. The van der Waals surface area contributed by atoms with E-state index < -0.39 is 0 Å². The molecule has 0 aliphatic rings. The van der Waals surface area contributed by atoms with Gasteiger partial charge in [0.25, 0.3) is 0 Å². The van der Waals surface area contributed by atoms with Crippen molar-refractivity contribution in [3.63, 3.8) is 0 Å². The second-order valence-electron chi connectivity index (χ2n) is 4.70. The van der Waals surface area contributed by atoms with Crippen LogP contribution in [0, 0.1) is 5.92 Å². The van der Waals surface area contributed by atoms with Crippen molar-refractivity contribution >= 4 is 23.2 Å². The number of amides is 1. The highest BCUT2D eigenvalue weighted by Crippen LogP contribution is 2.29. The van der Waals surface area contributed by atoms with Crippen molar-refractivity contribution in [2.75, 3.05) is 5.32 Å². The lowest BCUT2D eigenvalue weighted by atomic mass is 10.2. The number of carbonyl (C=O) groups is 1. The summed E-state index contributed by atoms with van der Waals surface area (Å²) >= 11 is 6.03. The van der Waals surface area contributed by atoms with Gasteiger partial charge in [-0.05, 0) is 36.4 Å². The zero-order valence-electron chi connectivity index (χ0n) is 11.4. The minimum absolute atomic E-state index is 0.00947. The van der Waals surface area contributed by atoms with E-state index in [0.717, 1.165) is 5.69 Å². The summed E-state index contributed by atoms with van der Waals surface area (Å²) in [5.41, 5.74) is 0.746. The first-order valence-corrected chi connectivity index (χ1v) is 6.77. The van der Waals surface area contributed by atoms with Gasteiger partial charge in [-0.25, -0.2) is 0 Å². The van der Waals surface area contributed by atoms with Gasteiger partial charge < -0.3 is 10.1 Å². The number of benzene rings is 2. The number of hydrogen-bond acceptors (Lipinski definition) is 2. The third-order valence-electron chi connectivity index (χ3n) is 2.71. The summed E-state index contributed by atoms with van der Waals surface area (Å²) in [7, 11) is 0. The van der Waals surface area contributed by atoms with Gasteiger partial charge >= 0.3 is 0 Å². The minimum Gasteiger partial charge on any atom is -0.456 e. The average molecular weight is 290 g/mol. The summed E-state index contributed by atoms with van der Waals surface area (Å²) in [5.74, 6) is 1.22. The van der Waals surface area contributed by atoms with Gasteiger partial charge in [-0.2, -0.15) is 0 Å². The highest BCUT2D eigenvalue weighted by atomic mass is 35.5. The van der Waals surface area contributed by atoms with Gasteiger partial charge in [-0.3, -0.25) is 4.79 Å². The Bertz CT molecular complexity index is 594. The molecule has 1 amide bonds. The van der Waals surface area contributed by atoms with Gasteiger partial charge in [0.15, 0.2) is 0 Å². The van der Waals surface area contributed by atoms with Crippen LogP contribution in [-0.2, 0) is 4.79 Å². The predicted octanol–water partition coefficient (Wildman–Crippen LogP) is 4.73. The fourth-order valence-corrected chi connectivity index (χ4v) is 1.72. The summed E-state index contributed by atoms with van der Waals surface area (Å²) in [6.45, 7) is 3.70. The van der Waals surface area contributed by atoms with Gasteiger partial charge in [0, 0.05) is 11.6 Å². The molecular weight excluding hydrogens is 274 g/mol. The van der Waals surface area contributed by atoms with Crippen molar-refractivity contribution in [2.24, 2.45) is 5.92 Å². The molecule has 0 saturated carbocycles. The van der Waals surface area contributed by atoms with Gasteiger partial charge in [0.1, 0.15) is 11.5 Å². The van der Waals surface area contributed by atoms with Crippen LogP contribution in [0.5, 0.6) is 11.5 Å². The van der Waals surface area contributed by atoms with E-state index in [1.807, 2.05) is 26.0 Å². The molecule has 0 aliphatic carbocycles. The molecule has 0 fully saturated rings. The molecule has 1 N–H and O–H groups in total. The molecule has 0 aromatic heterocycles. The zero-order valence-corrected chi connectivity index (χ0v) is 12.1. The van der Waals surface area contributed by atoms with E-state index in [-0.39, 0.29) is 11.8 Å². The molecule has 0 spiro atoms. The molecule has 2 rings (SSSR count). The fourth-order valence-electron chi connectivity index (χ4n) is 1.55. The standard InChI is InChI=1S/C16H16ClNO2/c1-11(2)16(19)18-12-7-9-13(10-8-12)20-15-6-4-3-5-14(15)17/h3-11H,1-2H3,(H,18,19). The molecule has 0 unspecified atom stereocenters. The Morgan fingerprint density at radius 2 is 1.75 bits per heavy atom. The number of carbonyl (C=O) groups excluding carboxylic acids is 1. The molecule has 20 heavy (non-hydrogen) atoms. The van der Waals surface area contributed by atoms with E-state index in [0.29, 0.717) is 16.5 Å². The number of rotatable bonds is 4. The van der Waals surface area contributed by atoms with Crippen LogP contribution in [0.1, 0.15) is 13.8 Å². The predicted molar refractivity (Wildman–Crippen MR) is 81.4 cm³/mol. The Morgan fingerprint density at radius 3 is 2.35 bits per heavy atom. The van der Waals surface area contributed by atoms with Crippen molar-refractivity contribution in [3.05, 3.63) is 53.6 Å². The second kappa shape index (κ2) is 6.44. The maximum atomic E-state index is 11.6. The summed E-state index contributed by atoms with van der Waals surface area (Å²) in [4.78, 5) is 11.6. The molecule has 4 heteroatoms. The average Bonchev–Trinajstić information content (AvgIpc) is 2.43. The van der Waals surface area contributed by atoms with E-state index >= 15 is 0 Å². The number of nitrogens with one attached hydrogen (secondary N) is 1. The first-order valence-electron chi connectivity index (χ1n) is 6.39. The zero-order chi connectivity index (χ0) is 14.5. The number of ether oxygens (including phenoxy) is 1. The van der Waals surface area contributed by atoms with Crippen molar-refractivity contribution in [1.29, 1.82) is 0 Å². The summed E-state index contributed by atoms with van der Waals surface area (Å²) < 4.78 is 5.67. The lowest BCUT2D eigenvalue weighted by Crippen LogP contribution is -2.17. The van der Waals surface area contributed by atoms with Crippen LogP contribution in [0.4, 0.5) is 5.69 Å². The third-order valence-corrected chi connectivity index (χ3v) is 3.02. The molecule has 2 aromatic rings. The molecule has 0 heterocycles. The summed E-state index contributed by atoms with van der Waals surface area (Å²) in [6, 6.07) is 14.5. The Morgan fingerprint density at radius 1 is 1.10 bits per heavy atom. The molecule has 104 valence electrons. The fraction of sp³-hybridized carbons (Fsp3) is 0.188. The van der Waals surface area contributed by atoms with E-state index in [1.54, 1.807) is 36.4 Å². The van der Waals surface area contributed by atoms with Crippen molar-refractivity contribution in [3.8, 4) is 11.5 Å². The van der Waals surface area contributed by atoms with Gasteiger partial charge in [-0.15, -0.1) is 0 Å². The number of para-hydroxylation sites is 1. The smallest absolute Gasteiger partial charge is 0.226 e. The number of anilines is 1. The quantitative estimate of drug-likeness (QED) is 0.884. The molecular formula is C16H16ClNO2. The molecule has 0 saturated heterocycles. The first kappa shape index (κ1) is 14.4. The number of halogens is 1. The SMILES string of the molecule is CC(C)C(=O)Nc1ccc(Oc2ccccc2Cl)cc1. The Labute approximate surface area is 123 Å². The Kier molecular flexibility index (Phi) is 4.64. The molecule has 3 nitrogen and oxygen atoms in total. The van der Waals surface area contributed by atoms with E-state index in [2.05, 4.69) is 5.32 Å². The minimum atomic E-state index is -0.0472. The van der Waals surface area contributed by atoms with E-state index in [4.69, 9.17) is 16.3 Å². The lowest BCUT2D eigenvalue weighted by molar-refractivity contribution is -0.118. The largest absolute Gasteiger partial charge is 0.456 e. The summed E-state index contributed by atoms with van der Waals surface area (Å²) in [6.07, 6.45) is 0. The maximum absolute atomic E-state index is 11.6. The van der Waals surface area contributed by atoms with Crippen LogP contribution in [0.3, 0.4) is 0 Å². The van der Waals surface area contributed by atoms with Crippen LogP contribution in [0.25, 0.3) is 0 Å². The third kappa shape index (κ3) is 3.75. The van der Waals surface area contributed by atoms with Crippen molar-refractivity contribution < 1.29 is 9.53 Å². The lowest BCUT2D eigenvalue weighted by Gasteiger charge is -2.10. The normalized spacial score (nSPS) is 10.4. The monoisotopic (exact) mass is 289 g/mol. The molecule has 2 aromatic carbocycles. The van der Waals surface area contributed by atoms with Gasteiger partial charge in [0.2, 0.25) is 5.91 Å². The second-order valence-corrected chi connectivity index (χ2v) is 5.11. The van der Waals surface area contributed by atoms with Crippen LogP contribution in [0.15, 0.2) is 48.5 Å². The van der Waals surface area contributed by atoms with Crippen LogP contribution in [-0.4, -0.2) is 5.91 Å². The van der Waals surface area contributed by atoms with Crippen molar-refractivity contribution in [1.82, 2.24) is 0 Å². The maximum Gasteiger partial charge on any atom is 0.226 e. The van der Waals surface area contributed by atoms with Crippen LogP contribution >= 0.6 is 11.6 Å². The molecule has 0 radical (unpaired) electrons. The topological polar surface area (TPSA) is 38.3 Å². The van der Waals surface area contributed by atoms with E-state index in [1.165, 1.54) is 0 Å². The molecule has 0 atom stereocenters. The van der Waals surface area contributed by atoms with Gasteiger partial charge in [-0.1, -0.05) is 37.6 Å². The molecule has 0 bridgehead atoms.